The summed E-state index contributed by atoms with van der Waals surface area (Å²) in [5, 5.41) is 13.8. The molecule has 0 amide bonds. The maximum Gasteiger partial charge on any atom is 0.158 e. The van der Waals surface area contributed by atoms with Gasteiger partial charge in [0.05, 0.1) is 11.4 Å². The molecule has 100 valence electrons. The summed E-state index contributed by atoms with van der Waals surface area (Å²) in [6, 6.07) is 0. The second-order valence-electron chi connectivity index (χ2n) is 3.75. The molecule has 0 fully saturated rings. The molecule has 0 bridgehead atoms. The smallest absolute Gasteiger partial charge is 0.158 e. The van der Waals surface area contributed by atoms with Gasteiger partial charge >= 0.3 is 0 Å². The summed E-state index contributed by atoms with van der Waals surface area (Å²) in [5.41, 5.74) is 6.38. The van der Waals surface area contributed by atoms with Crippen LogP contribution in [0.15, 0.2) is 42.1 Å². The van der Waals surface area contributed by atoms with Gasteiger partial charge in [-0.25, -0.2) is 10.4 Å². The van der Waals surface area contributed by atoms with Gasteiger partial charge in [-0.05, 0) is 12.2 Å². The lowest BCUT2D eigenvalue weighted by atomic mass is 10.1. The first-order chi connectivity index (χ1) is 9.25. The lowest BCUT2D eigenvalue weighted by molar-refractivity contribution is 0.395. The van der Waals surface area contributed by atoms with E-state index in [0.29, 0.717) is 5.01 Å². The molecule has 0 aliphatic carbocycles. The maximum absolute atomic E-state index is 9.30. The molecule has 0 unspecified atom stereocenters. The SMILES string of the molecule is C=C(O)c1nc(C2=C3C=CC=CN3NC2)cs1.CC. The molecule has 1 aromatic rings. The fourth-order valence-electron chi connectivity index (χ4n) is 1.85. The van der Waals surface area contributed by atoms with Crippen LogP contribution in [-0.2, 0) is 0 Å². The summed E-state index contributed by atoms with van der Waals surface area (Å²) < 4.78 is 0. The summed E-state index contributed by atoms with van der Waals surface area (Å²) in [4.78, 5) is 4.37. The normalized spacial score (nSPS) is 16.2. The lowest BCUT2D eigenvalue weighted by Gasteiger charge is -2.16. The van der Waals surface area contributed by atoms with Crippen molar-refractivity contribution in [2.45, 2.75) is 13.8 Å². The molecule has 0 atom stereocenters. The molecule has 1 aromatic heterocycles. The first-order valence-electron chi connectivity index (χ1n) is 6.20. The third-order valence-electron chi connectivity index (χ3n) is 2.66. The minimum Gasteiger partial charge on any atom is -0.505 e. The topological polar surface area (TPSA) is 48.4 Å². The van der Waals surface area contributed by atoms with E-state index in [1.54, 1.807) is 0 Å². The van der Waals surface area contributed by atoms with Gasteiger partial charge in [-0.2, -0.15) is 0 Å². The third-order valence-corrected chi connectivity index (χ3v) is 3.55. The van der Waals surface area contributed by atoms with Crippen LogP contribution in [0.2, 0.25) is 0 Å². The van der Waals surface area contributed by atoms with E-state index in [9.17, 15) is 5.11 Å². The van der Waals surface area contributed by atoms with Crippen LogP contribution in [0.3, 0.4) is 0 Å². The number of hydrogen-bond donors (Lipinski definition) is 2. The molecule has 2 N–H and O–H groups in total. The minimum atomic E-state index is 0.0220. The van der Waals surface area contributed by atoms with Gasteiger partial charge in [0.1, 0.15) is 5.76 Å². The number of fused-ring (bicyclic) bond motifs is 1. The Bertz CT molecular complexity index is 569. The standard InChI is InChI=1S/C12H11N3OS.C2H6/c1-8(16)12-14-10(7-17-12)9-6-13-15-5-3-2-4-11(9)15;1-2/h2-5,7,13,16H,1,6H2;1-2H3. The molecule has 0 saturated heterocycles. The van der Waals surface area contributed by atoms with Crippen LogP contribution in [0.1, 0.15) is 24.5 Å². The maximum atomic E-state index is 9.30. The Balaban J connectivity index is 0.000000637. The number of aliphatic hydroxyl groups is 1. The number of hydrogen-bond acceptors (Lipinski definition) is 5. The van der Waals surface area contributed by atoms with Crippen molar-refractivity contribution in [2.24, 2.45) is 0 Å². The number of nitrogens with one attached hydrogen (secondary N) is 1. The predicted molar refractivity (Wildman–Crippen MR) is 80.2 cm³/mol. The van der Waals surface area contributed by atoms with Crippen molar-refractivity contribution in [3.8, 4) is 0 Å². The number of rotatable bonds is 2. The van der Waals surface area contributed by atoms with E-state index in [1.807, 2.05) is 48.7 Å². The summed E-state index contributed by atoms with van der Waals surface area (Å²) in [7, 11) is 0. The Morgan fingerprint density at radius 2 is 2.26 bits per heavy atom. The third kappa shape index (κ3) is 2.62. The molecule has 3 heterocycles. The van der Waals surface area contributed by atoms with Crippen LogP contribution in [-0.4, -0.2) is 21.6 Å². The molecule has 3 rings (SSSR count). The van der Waals surface area contributed by atoms with Crippen molar-refractivity contribution in [3.63, 3.8) is 0 Å². The first-order valence-corrected chi connectivity index (χ1v) is 7.08. The van der Waals surface area contributed by atoms with Crippen molar-refractivity contribution >= 4 is 22.7 Å². The predicted octanol–water partition coefficient (Wildman–Crippen LogP) is 3.31. The number of aromatic nitrogens is 1. The average molecular weight is 275 g/mol. The van der Waals surface area contributed by atoms with Gasteiger partial charge in [0, 0.05) is 23.7 Å². The van der Waals surface area contributed by atoms with Crippen molar-refractivity contribution in [2.75, 3.05) is 6.54 Å². The monoisotopic (exact) mass is 275 g/mol. The van der Waals surface area contributed by atoms with Crippen molar-refractivity contribution in [1.82, 2.24) is 15.4 Å². The van der Waals surface area contributed by atoms with Gasteiger partial charge < -0.3 is 5.11 Å². The number of nitrogens with zero attached hydrogens (tertiary/aromatic N) is 2. The van der Waals surface area contributed by atoms with Crippen molar-refractivity contribution < 1.29 is 5.11 Å². The zero-order chi connectivity index (χ0) is 13.8. The second kappa shape index (κ2) is 5.86. The van der Waals surface area contributed by atoms with Crippen molar-refractivity contribution in [1.29, 1.82) is 0 Å². The quantitative estimate of drug-likeness (QED) is 0.813. The minimum absolute atomic E-state index is 0.0220. The molecule has 19 heavy (non-hydrogen) atoms. The van der Waals surface area contributed by atoms with Crippen LogP contribution in [0.25, 0.3) is 11.3 Å². The Labute approximate surface area is 117 Å². The zero-order valence-corrected chi connectivity index (χ0v) is 11.9. The Morgan fingerprint density at radius 3 is 2.95 bits per heavy atom. The van der Waals surface area contributed by atoms with Gasteiger partial charge in [0.25, 0.3) is 0 Å². The average Bonchev–Trinajstić information content (AvgIpc) is 3.07. The first kappa shape index (κ1) is 13.6. The van der Waals surface area contributed by atoms with Gasteiger partial charge in [0.2, 0.25) is 0 Å². The van der Waals surface area contributed by atoms with Crippen LogP contribution < -0.4 is 5.43 Å². The molecule has 0 aromatic carbocycles. The second-order valence-corrected chi connectivity index (χ2v) is 4.61. The fraction of sp³-hybridized carbons (Fsp3) is 0.214. The molecule has 2 aliphatic rings. The molecule has 0 saturated carbocycles. The van der Waals surface area contributed by atoms with E-state index >= 15 is 0 Å². The van der Waals surface area contributed by atoms with Crippen LogP contribution in [0, 0.1) is 0 Å². The van der Waals surface area contributed by atoms with Crippen molar-refractivity contribution in [3.05, 3.63) is 52.8 Å². The fourth-order valence-corrected chi connectivity index (χ4v) is 2.55. The molecule has 0 spiro atoms. The highest BCUT2D eigenvalue weighted by Gasteiger charge is 2.22. The molecule has 0 radical (unpaired) electrons. The van der Waals surface area contributed by atoms with E-state index in [0.717, 1.165) is 23.5 Å². The van der Waals surface area contributed by atoms with E-state index < -0.39 is 0 Å². The Kier molecular flexibility index (Phi) is 4.19. The van der Waals surface area contributed by atoms with E-state index in [1.165, 1.54) is 11.3 Å². The number of aliphatic hydroxyl groups excluding tert-OH is 1. The van der Waals surface area contributed by atoms with Gasteiger partial charge in [0.15, 0.2) is 5.01 Å². The number of thiazole rings is 1. The Hall–Kier alpha value is -1.85. The highest BCUT2D eigenvalue weighted by Crippen LogP contribution is 2.29. The molecular formula is C14H17N3OS. The van der Waals surface area contributed by atoms with E-state index in [4.69, 9.17) is 0 Å². The molecule has 2 aliphatic heterocycles. The zero-order valence-electron chi connectivity index (χ0n) is 11.1. The Morgan fingerprint density at radius 1 is 1.47 bits per heavy atom. The summed E-state index contributed by atoms with van der Waals surface area (Å²) >= 11 is 1.40. The highest BCUT2D eigenvalue weighted by molar-refractivity contribution is 7.10. The molecule has 4 nitrogen and oxygen atoms in total. The van der Waals surface area contributed by atoms with Gasteiger partial charge in [-0.15, -0.1) is 11.3 Å². The highest BCUT2D eigenvalue weighted by atomic mass is 32.1. The van der Waals surface area contributed by atoms with Gasteiger partial charge in [-0.3, -0.25) is 5.01 Å². The van der Waals surface area contributed by atoms with E-state index in [2.05, 4.69) is 17.0 Å². The van der Waals surface area contributed by atoms with Gasteiger partial charge in [-0.1, -0.05) is 26.5 Å². The largest absolute Gasteiger partial charge is 0.505 e. The number of hydrazine groups is 1. The molecular weight excluding hydrogens is 258 g/mol. The summed E-state index contributed by atoms with van der Waals surface area (Å²) in [5.74, 6) is 0.0220. The van der Waals surface area contributed by atoms with E-state index in [-0.39, 0.29) is 5.76 Å². The van der Waals surface area contributed by atoms with Crippen LogP contribution in [0.4, 0.5) is 0 Å². The van der Waals surface area contributed by atoms with Crippen LogP contribution >= 0.6 is 11.3 Å². The number of allylic oxidation sites excluding steroid dienone is 3. The lowest BCUT2D eigenvalue weighted by Crippen LogP contribution is -2.26. The summed E-state index contributed by atoms with van der Waals surface area (Å²) in [6.07, 6.45) is 7.99. The molecule has 5 heteroatoms. The van der Waals surface area contributed by atoms with Crippen LogP contribution in [0.5, 0.6) is 0 Å². The summed E-state index contributed by atoms with van der Waals surface area (Å²) in [6.45, 7) is 8.22.